The van der Waals surface area contributed by atoms with Crippen LogP contribution in [-0.4, -0.2) is 44.4 Å². The average molecular weight is 350 g/mol. The van der Waals surface area contributed by atoms with Crippen LogP contribution in [-0.2, 0) is 0 Å². The number of aliphatic hydroxyl groups excluding tert-OH is 1. The van der Waals surface area contributed by atoms with E-state index < -0.39 is 10.9 Å². The fraction of sp³-hybridized carbons (Fsp3) is 0.412. The van der Waals surface area contributed by atoms with Gasteiger partial charge in [-0.05, 0) is 24.6 Å². The van der Waals surface area contributed by atoms with Crippen molar-refractivity contribution in [3.8, 4) is 0 Å². The number of nitrogens with zero attached hydrogens (tertiary/aromatic N) is 2. The fourth-order valence-electron chi connectivity index (χ4n) is 3.00. The van der Waals surface area contributed by atoms with E-state index in [0.717, 1.165) is 18.8 Å². The van der Waals surface area contributed by atoms with Crippen LogP contribution in [0.2, 0.25) is 5.02 Å². The molecule has 0 aliphatic carbocycles. The van der Waals surface area contributed by atoms with E-state index >= 15 is 0 Å². The third-order valence-electron chi connectivity index (χ3n) is 4.29. The second-order valence-electron chi connectivity index (χ2n) is 5.84. The number of hydrogen-bond donors (Lipinski definition) is 2. The van der Waals surface area contributed by atoms with Crippen LogP contribution in [0.4, 0.5) is 17.1 Å². The van der Waals surface area contributed by atoms with Gasteiger partial charge in [-0.3, -0.25) is 9.59 Å². The Morgan fingerprint density at radius 1 is 1.08 bits per heavy atom. The summed E-state index contributed by atoms with van der Waals surface area (Å²) < 4.78 is 0. The topological polar surface area (TPSA) is 72.9 Å². The first-order valence-corrected chi connectivity index (χ1v) is 8.43. The molecule has 128 valence electrons. The zero-order valence-electron chi connectivity index (χ0n) is 13.3. The van der Waals surface area contributed by atoms with Gasteiger partial charge in [0.1, 0.15) is 11.4 Å². The highest BCUT2D eigenvalue weighted by atomic mass is 35.5. The molecular formula is C17H20ClN3O3. The van der Waals surface area contributed by atoms with Gasteiger partial charge in [0.15, 0.2) is 0 Å². The third-order valence-corrected chi connectivity index (χ3v) is 4.53. The molecule has 0 atom stereocenters. The summed E-state index contributed by atoms with van der Waals surface area (Å²) in [4.78, 5) is 27.9. The number of nitrogens with one attached hydrogen (secondary N) is 1. The van der Waals surface area contributed by atoms with Crippen molar-refractivity contribution in [2.24, 2.45) is 0 Å². The highest BCUT2D eigenvalue weighted by Gasteiger charge is 2.28. The number of aliphatic hydroxyl groups is 1. The van der Waals surface area contributed by atoms with E-state index in [4.69, 9.17) is 16.7 Å². The average Bonchev–Trinajstić information content (AvgIpc) is 2.61. The van der Waals surface area contributed by atoms with E-state index in [1.807, 2.05) is 29.2 Å². The quantitative estimate of drug-likeness (QED) is 0.600. The first kappa shape index (κ1) is 16.8. The first-order chi connectivity index (χ1) is 11.6. The Morgan fingerprint density at radius 3 is 2.46 bits per heavy atom. The molecule has 3 rings (SSSR count). The highest BCUT2D eigenvalue weighted by molar-refractivity contribution is 6.30. The molecule has 2 N–H and O–H groups in total. The Kier molecular flexibility index (Phi) is 5.06. The standard InChI is InChI=1S/C17H20ClN3O3/c18-12-3-1-4-13(11-12)20-6-8-21(9-7-20)15-14(16(23)17(15)24)19-5-2-10-22/h1,3-4,11,19,22H,2,5-10H2. The van der Waals surface area contributed by atoms with E-state index in [1.54, 1.807) is 0 Å². The lowest BCUT2D eigenvalue weighted by molar-refractivity contribution is 0.292. The Labute approximate surface area is 145 Å². The molecule has 0 unspecified atom stereocenters. The van der Waals surface area contributed by atoms with E-state index in [0.29, 0.717) is 42.5 Å². The van der Waals surface area contributed by atoms with Gasteiger partial charge in [0, 0.05) is 50.0 Å². The Morgan fingerprint density at radius 2 is 1.79 bits per heavy atom. The van der Waals surface area contributed by atoms with Gasteiger partial charge >= 0.3 is 0 Å². The maximum absolute atomic E-state index is 11.9. The molecule has 0 aromatic heterocycles. The molecule has 0 bridgehead atoms. The molecular weight excluding hydrogens is 330 g/mol. The van der Waals surface area contributed by atoms with Crippen molar-refractivity contribution >= 4 is 28.7 Å². The highest BCUT2D eigenvalue weighted by Crippen LogP contribution is 2.25. The molecule has 2 aromatic rings. The minimum atomic E-state index is -0.458. The molecule has 0 saturated carbocycles. The van der Waals surface area contributed by atoms with Gasteiger partial charge in [-0.2, -0.15) is 0 Å². The third kappa shape index (κ3) is 3.25. The zero-order chi connectivity index (χ0) is 17.1. The predicted molar refractivity (Wildman–Crippen MR) is 97.4 cm³/mol. The number of halogens is 1. The molecule has 1 fully saturated rings. The molecule has 1 aliphatic heterocycles. The van der Waals surface area contributed by atoms with Gasteiger partial charge in [0.2, 0.25) is 0 Å². The number of hydrogen-bond acceptors (Lipinski definition) is 6. The summed E-state index contributed by atoms with van der Waals surface area (Å²) in [7, 11) is 0. The number of piperazine rings is 1. The minimum Gasteiger partial charge on any atom is -0.396 e. The summed E-state index contributed by atoms with van der Waals surface area (Å²) in [5.74, 6) is 0. The van der Waals surface area contributed by atoms with Gasteiger partial charge < -0.3 is 20.2 Å². The molecule has 7 heteroatoms. The molecule has 0 amide bonds. The van der Waals surface area contributed by atoms with Crippen LogP contribution in [0, 0.1) is 0 Å². The fourth-order valence-corrected chi connectivity index (χ4v) is 3.18. The molecule has 24 heavy (non-hydrogen) atoms. The smallest absolute Gasteiger partial charge is 0.253 e. The maximum atomic E-state index is 11.9. The van der Waals surface area contributed by atoms with Gasteiger partial charge in [-0.15, -0.1) is 0 Å². The summed E-state index contributed by atoms with van der Waals surface area (Å²) in [5, 5.41) is 12.5. The van der Waals surface area contributed by atoms with E-state index in [1.165, 1.54) is 0 Å². The molecule has 1 saturated heterocycles. The van der Waals surface area contributed by atoms with Crippen LogP contribution in [0.15, 0.2) is 33.9 Å². The van der Waals surface area contributed by atoms with Crippen LogP contribution >= 0.6 is 11.6 Å². The second-order valence-corrected chi connectivity index (χ2v) is 6.28. The number of benzene rings is 1. The summed E-state index contributed by atoms with van der Waals surface area (Å²) in [6.45, 7) is 3.40. The normalized spacial score (nSPS) is 15.1. The van der Waals surface area contributed by atoms with Crippen molar-refractivity contribution in [2.75, 3.05) is 54.4 Å². The lowest BCUT2D eigenvalue weighted by Crippen LogP contribution is -2.51. The van der Waals surface area contributed by atoms with Gasteiger partial charge in [0.05, 0.1) is 0 Å². The summed E-state index contributed by atoms with van der Waals surface area (Å²) in [5.41, 5.74) is 1.07. The minimum absolute atomic E-state index is 0.0516. The van der Waals surface area contributed by atoms with Gasteiger partial charge in [-0.1, -0.05) is 17.7 Å². The van der Waals surface area contributed by atoms with E-state index in [-0.39, 0.29) is 6.61 Å². The van der Waals surface area contributed by atoms with Crippen LogP contribution in [0.3, 0.4) is 0 Å². The maximum Gasteiger partial charge on any atom is 0.253 e. The lowest BCUT2D eigenvalue weighted by atomic mass is 10.1. The SMILES string of the molecule is O=c1c(NCCCO)c(N2CCN(c3cccc(Cl)c3)CC2)c1=O. The zero-order valence-corrected chi connectivity index (χ0v) is 14.1. The number of anilines is 3. The second kappa shape index (κ2) is 7.23. The monoisotopic (exact) mass is 349 g/mol. The van der Waals surface area contributed by atoms with E-state index in [9.17, 15) is 9.59 Å². The van der Waals surface area contributed by atoms with Crippen molar-refractivity contribution in [2.45, 2.75) is 6.42 Å². The van der Waals surface area contributed by atoms with E-state index in [2.05, 4.69) is 10.2 Å². The molecule has 2 aromatic carbocycles. The van der Waals surface area contributed by atoms with Crippen LogP contribution in [0.1, 0.15) is 6.42 Å². The number of rotatable bonds is 6. The van der Waals surface area contributed by atoms with Crippen molar-refractivity contribution in [3.63, 3.8) is 0 Å². The summed E-state index contributed by atoms with van der Waals surface area (Å²) in [6.07, 6.45) is 0.542. The van der Waals surface area contributed by atoms with Crippen molar-refractivity contribution in [3.05, 3.63) is 49.7 Å². The van der Waals surface area contributed by atoms with Crippen molar-refractivity contribution < 1.29 is 5.11 Å². The first-order valence-electron chi connectivity index (χ1n) is 8.05. The lowest BCUT2D eigenvalue weighted by Gasteiger charge is -2.38. The largest absolute Gasteiger partial charge is 0.396 e. The molecule has 1 heterocycles. The summed E-state index contributed by atoms with van der Waals surface area (Å²) in [6, 6.07) is 7.70. The van der Waals surface area contributed by atoms with Crippen LogP contribution in [0.25, 0.3) is 0 Å². The Bertz CT molecular complexity index is 778. The van der Waals surface area contributed by atoms with Crippen LogP contribution < -0.4 is 26.0 Å². The van der Waals surface area contributed by atoms with Gasteiger partial charge in [0.25, 0.3) is 10.9 Å². The van der Waals surface area contributed by atoms with Crippen LogP contribution in [0.5, 0.6) is 0 Å². The molecule has 1 aliphatic rings. The van der Waals surface area contributed by atoms with Gasteiger partial charge in [-0.25, -0.2) is 0 Å². The Hall–Kier alpha value is -2.05. The van der Waals surface area contributed by atoms with Crippen molar-refractivity contribution in [1.82, 2.24) is 0 Å². The molecule has 0 spiro atoms. The van der Waals surface area contributed by atoms with Crippen molar-refractivity contribution in [1.29, 1.82) is 0 Å². The Balaban J connectivity index is 1.66. The molecule has 0 radical (unpaired) electrons. The predicted octanol–water partition coefficient (Wildman–Crippen LogP) is 1.06. The molecule has 6 nitrogen and oxygen atoms in total. The summed E-state index contributed by atoms with van der Waals surface area (Å²) >= 11 is 6.04.